The lowest BCUT2D eigenvalue weighted by molar-refractivity contribution is 0.514. The number of rotatable bonds is 7. The number of aromatic nitrogens is 2. The van der Waals surface area contributed by atoms with Crippen molar-refractivity contribution in [3.05, 3.63) is 162 Å². The van der Waals surface area contributed by atoms with Crippen LogP contribution in [-0.2, 0) is 5.54 Å². The van der Waals surface area contributed by atoms with Crippen LogP contribution < -0.4 is 0 Å². The zero-order valence-corrected chi connectivity index (χ0v) is 20.3. The molecule has 0 bridgehead atoms. The van der Waals surface area contributed by atoms with Gasteiger partial charge in [-0.2, -0.15) is 0 Å². The predicted octanol–water partition coefficient (Wildman–Crippen LogP) is 7.92. The van der Waals surface area contributed by atoms with Gasteiger partial charge in [0.1, 0.15) is 5.54 Å². The number of allylic oxidation sites excluding steroid dienone is 1. The van der Waals surface area contributed by atoms with Crippen molar-refractivity contribution in [2.45, 2.75) is 19.4 Å². The fourth-order valence-corrected chi connectivity index (χ4v) is 4.95. The van der Waals surface area contributed by atoms with Crippen molar-refractivity contribution in [1.29, 1.82) is 0 Å². The molecular weight excluding hydrogens is 424 g/mol. The van der Waals surface area contributed by atoms with E-state index in [4.69, 9.17) is 4.98 Å². The minimum absolute atomic E-state index is 0.379. The van der Waals surface area contributed by atoms with Gasteiger partial charge in [0, 0.05) is 6.20 Å². The smallest absolute Gasteiger partial charge is 0.121 e. The monoisotopic (exact) mass is 454 g/mol. The molecular formula is C33H30N2. The molecule has 5 rings (SSSR count). The summed E-state index contributed by atoms with van der Waals surface area (Å²) >= 11 is 0. The highest BCUT2D eigenvalue weighted by Crippen LogP contribution is 2.41. The Morgan fingerprint density at radius 1 is 0.657 bits per heavy atom. The molecule has 0 aliphatic rings. The predicted molar refractivity (Wildman–Crippen MR) is 146 cm³/mol. The Labute approximate surface area is 208 Å². The van der Waals surface area contributed by atoms with E-state index < -0.39 is 5.54 Å². The molecule has 0 spiro atoms. The molecule has 0 radical (unpaired) electrons. The Morgan fingerprint density at radius 2 is 1.09 bits per heavy atom. The Bertz CT molecular complexity index is 1290. The van der Waals surface area contributed by atoms with Crippen molar-refractivity contribution in [2.75, 3.05) is 0 Å². The van der Waals surface area contributed by atoms with Crippen LogP contribution in [0.1, 0.15) is 41.8 Å². The lowest BCUT2D eigenvalue weighted by Crippen LogP contribution is -2.36. The highest BCUT2D eigenvalue weighted by molar-refractivity contribution is 5.81. The van der Waals surface area contributed by atoms with Gasteiger partial charge in [0.15, 0.2) is 0 Å². The summed E-state index contributed by atoms with van der Waals surface area (Å²) in [5.41, 5.74) is 6.49. The summed E-state index contributed by atoms with van der Waals surface area (Å²) in [6, 6.07) is 42.7. The number of benzene rings is 4. The Kier molecular flexibility index (Phi) is 6.45. The van der Waals surface area contributed by atoms with Gasteiger partial charge >= 0.3 is 0 Å². The van der Waals surface area contributed by atoms with E-state index >= 15 is 0 Å². The maximum Gasteiger partial charge on any atom is 0.121 e. The molecule has 0 amide bonds. The molecule has 0 aliphatic carbocycles. The first-order valence-corrected chi connectivity index (χ1v) is 12.2. The van der Waals surface area contributed by atoms with Crippen molar-refractivity contribution >= 4 is 11.6 Å². The van der Waals surface area contributed by atoms with E-state index in [0.29, 0.717) is 5.92 Å². The maximum absolute atomic E-state index is 4.89. The second-order valence-corrected chi connectivity index (χ2v) is 9.13. The van der Waals surface area contributed by atoms with E-state index in [-0.39, 0.29) is 0 Å². The van der Waals surface area contributed by atoms with Crippen LogP contribution in [-0.4, -0.2) is 9.55 Å². The van der Waals surface area contributed by atoms with Gasteiger partial charge in [-0.25, -0.2) is 4.98 Å². The average molecular weight is 455 g/mol. The molecule has 1 aromatic heterocycles. The molecule has 35 heavy (non-hydrogen) atoms. The minimum Gasteiger partial charge on any atom is -0.318 e. The van der Waals surface area contributed by atoms with E-state index in [1.807, 2.05) is 6.33 Å². The van der Waals surface area contributed by atoms with Crippen molar-refractivity contribution < 1.29 is 0 Å². The normalized spacial score (nSPS) is 12.1. The molecule has 2 nitrogen and oxygen atoms in total. The first kappa shape index (κ1) is 22.6. The van der Waals surface area contributed by atoms with Crippen LogP contribution in [0.4, 0.5) is 0 Å². The lowest BCUT2D eigenvalue weighted by atomic mass is 9.77. The molecule has 2 heteroatoms. The SMILES string of the molecule is CC(C)C(=Cc1cn(C(c2ccccc2)(c2ccccc2)c2ccccc2)cn1)c1ccccc1. The summed E-state index contributed by atoms with van der Waals surface area (Å²) in [5, 5.41) is 0. The van der Waals surface area contributed by atoms with E-state index in [9.17, 15) is 0 Å². The molecule has 1 heterocycles. The third kappa shape index (κ3) is 4.36. The van der Waals surface area contributed by atoms with Gasteiger partial charge in [-0.1, -0.05) is 135 Å². The number of hydrogen-bond acceptors (Lipinski definition) is 1. The summed E-state index contributed by atoms with van der Waals surface area (Å²) in [6.07, 6.45) is 6.38. The lowest BCUT2D eigenvalue weighted by Gasteiger charge is -2.37. The quantitative estimate of drug-likeness (QED) is 0.228. The van der Waals surface area contributed by atoms with Gasteiger partial charge in [-0.05, 0) is 39.8 Å². The van der Waals surface area contributed by atoms with E-state index in [1.54, 1.807) is 0 Å². The van der Waals surface area contributed by atoms with Crippen LogP contribution in [0, 0.1) is 5.92 Å². The summed E-state index contributed by atoms with van der Waals surface area (Å²) in [5.74, 6) is 0.379. The van der Waals surface area contributed by atoms with Gasteiger partial charge in [-0.15, -0.1) is 0 Å². The van der Waals surface area contributed by atoms with Gasteiger partial charge in [-0.3, -0.25) is 0 Å². The fourth-order valence-electron chi connectivity index (χ4n) is 4.95. The van der Waals surface area contributed by atoms with Crippen LogP contribution in [0.3, 0.4) is 0 Å². The van der Waals surface area contributed by atoms with Gasteiger partial charge in [0.05, 0.1) is 12.0 Å². The Hall–Kier alpha value is -4.17. The second kappa shape index (κ2) is 9.99. The van der Waals surface area contributed by atoms with E-state index in [2.05, 4.69) is 152 Å². The molecule has 0 atom stereocenters. The molecule has 5 aromatic rings. The van der Waals surface area contributed by atoms with Crippen LogP contribution in [0.2, 0.25) is 0 Å². The largest absolute Gasteiger partial charge is 0.318 e. The van der Waals surface area contributed by atoms with Crippen LogP contribution in [0.15, 0.2) is 134 Å². The molecule has 0 fully saturated rings. The summed E-state index contributed by atoms with van der Waals surface area (Å²) in [4.78, 5) is 4.89. The van der Waals surface area contributed by atoms with Gasteiger partial charge in [0.2, 0.25) is 0 Å². The van der Waals surface area contributed by atoms with Crippen molar-refractivity contribution in [1.82, 2.24) is 9.55 Å². The zero-order chi connectivity index (χ0) is 24.1. The number of imidazole rings is 1. The van der Waals surface area contributed by atoms with Crippen molar-refractivity contribution in [3.8, 4) is 0 Å². The topological polar surface area (TPSA) is 17.8 Å². The molecule has 0 N–H and O–H groups in total. The standard InChI is InChI=1S/C33H30N2/c1-26(2)32(27-15-7-3-8-16-27)23-31-24-35(25-34-31)33(28-17-9-4-10-18-28,29-19-11-5-12-20-29)30-21-13-6-14-22-30/h3-26H,1-2H3. The van der Waals surface area contributed by atoms with Gasteiger partial charge < -0.3 is 4.57 Å². The minimum atomic E-state index is -0.548. The highest BCUT2D eigenvalue weighted by atomic mass is 15.1. The van der Waals surface area contributed by atoms with E-state index in [0.717, 1.165) is 5.69 Å². The van der Waals surface area contributed by atoms with Crippen LogP contribution >= 0.6 is 0 Å². The van der Waals surface area contributed by atoms with Gasteiger partial charge in [0.25, 0.3) is 0 Å². The maximum atomic E-state index is 4.89. The fraction of sp³-hybridized carbons (Fsp3) is 0.121. The average Bonchev–Trinajstić information content (AvgIpc) is 3.39. The summed E-state index contributed by atoms with van der Waals surface area (Å²) < 4.78 is 2.27. The van der Waals surface area contributed by atoms with Crippen LogP contribution in [0.5, 0.6) is 0 Å². The molecule has 0 aliphatic heterocycles. The third-order valence-electron chi connectivity index (χ3n) is 6.60. The molecule has 172 valence electrons. The summed E-state index contributed by atoms with van der Waals surface area (Å²) in [6.45, 7) is 4.47. The molecule has 0 unspecified atom stereocenters. The molecule has 0 saturated carbocycles. The Balaban J connectivity index is 1.74. The van der Waals surface area contributed by atoms with Crippen molar-refractivity contribution in [2.24, 2.45) is 5.92 Å². The molecule has 4 aromatic carbocycles. The Morgan fingerprint density at radius 3 is 1.51 bits per heavy atom. The number of nitrogens with zero attached hydrogens (tertiary/aromatic N) is 2. The highest BCUT2D eigenvalue weighted by Gasteiger charge is 2.38. The second-order valence-electron chi connectivity index (χ2n) is 9.13. The van der Waals surface area contributed by atoms with Crippen molar-refractivity contribution in [3.63, 3.8) is 0 Å². The first-order chi connectivity index (χ1) is 17.2. The summed E-state index contributed by atoms with van der Waals surface area (Å²) in [7, 11) is 0. The molecule has 0 saturated heterocycles. The number of hydrogen-bond donors (Lipinski definition) is 0. The first-order valence-electron chi connectivity index (χ1n) is 12.2. The van der Waals surface area contributed by atoms with E-state index in [1.165, 1.54) is 27.8 Å². The zero-order valence-electron chi connectivity index (χ0n) is 20.3. The third-order valence-corrected chi connectivity index (χ3v) is 6.60. The van der Waals surface area contributed by atoms with Crippen LogP contribution in [0.25, 0.3) is 11.6 Å².